The molecule has 0 atom stereocenters. The van der Waals surface area contributed by atoms with Gasteiger partial charge in [0.1, 0.15) is 5.82 Å². The maximum Gasteiger partial charge on any atom is 0.108 e. The highest BCUT2D eigenvalue weighted by Crippen LogP contribution is 2.10. The Labute approximate surface area is 60.7 Å². The average Bonchev–Trinajstić information content (AvgIpc) is 2.33. The van der Waals surface area contributed by atoms with Crippen LogP contribution in [0.1, 0.15) is 18.7 Å². The van der Waals surface area contributed by atoms with Gasteiger partial charge in [-0.3, -0.25) is 0 Å². The van der Waals surface area contributed by atoms with Gasteiger partial charge >= 0.3 is 0 Å². The standard InChI is InChI=1S/C7H10N2.H3N/c1-2-5-9-6-4-8-7(9)3-1;/h4,6H,1-3,5H2;1H3. The lowest BCUT2D eigenvalue weighted by molar-refractivity contribution is 0.522. The summed E-state index contributed by atoms with van der Waals surface area (Å²) in [7, 11) is 0. The van der Waals surface area contributed by atoms with Crippen molar-refractivity contribution in [3.63, 3.8) is 0 Å². The lowest BCUT2D eigenvalue weighted by Gasteiger charge is -2.11. The van der Waals surface area contributed by atoms with Crippen molar-refractivity contribution < 1.29 is 0 Å². The summed E-state index contributed by atoms with van der Waals surface area (Å²) in [6, 6.07) is 0. The Bertz CT molecular complexity index is 184. The molecule has 1 aliphatic heterocycles. The highest BCUT2D eigenvalue weighted by Gasteiger charge is 2.06. The van der Waals surface area contributed by atoms with E-state index in [0.29, 0.717) is 0 Å². The Morgan fingerprint density at radius 2 is 2.30 bits per heavy atom. The van der Waals surface area contributed by atoms with Crippen LogP contribution in [0.3, 0.4) is 0 Å². The van der Waals surface area contributed by atoms with Gasteiger partial charge < -0.3 is 10.7 Å². The molecule has 0 amide bonds. The van der Waals surface area contributed by atoms with Gasteiger partial charge in [0.25, 0.3) is 0 Å². The third-order valence-electron chi connectivity index (χ3n) is 1.85. The second-order valence-electron chi connectivity index (χ2n) is 2.49. The summed E-state index contributed by atoms with van der Waals surface area (Å²) < 4.78 is 2.24. The molecule has 0 aromatic carbocycles. The monoisotopic (exact) mass is 139 g/mol. The molecular weight excluding hydrogens is 126 g/mol. The molecule has 0 aliphatic carbocycles. The Hall–Kier alpha value is -0.830. The third-order valence-corrected chi connectivity index (χ3v) is 1.85. The second kappa shape index (κ2) is 2.84. The van der Waals surface area contributed by atoms with Gasteiger partial charge in [-0.25, -0.2) is 4.98 Å². The first-order valence-electron chi connectivity index (χ1n) is 3.47. The molecule has 0 bridgehead atoms. The number of nitrogens with zero attached hydrogens (tertiary/aromatic N) is 2. The Morgan fingerprint density at radius 3 is 3.10 bits per heavy atom. The first kappa shape index (κ1) is 7.28. The molecule has 10 heavy (non-hydrogen) atoms. The van der Waals surface area contributed by atoms with Crippen LogP contribution in [-0.2, 0) is 13.0 Å². The minimum absolute atomic E-state index is 0. The van der Waals surface area contributed by atoms with Crippen molar-refractivity contribution in [2.75, 3.05) is 0 Å². The Balaban J connectivity index is 0.000000500. The molecule has 0 saturated heterocycles. The van der Waals surface area contributed by atoms with Gasteiger partial charge in [-0.15, -0.1) is 0 Å². The fourth-order valence-corrected chi connectivity index (χ4v) is 1.34. The fraction of sp³-hybridized carbons (Fsp3) is 0.571. The number of fused-ring (bicyclic) bond motifs is 1. The summed E-state index contributed by atoms with van der Waals surface area (Å²) in [6.07, 6.45) is 7.77. The molecular formula is C7H13N3. The van der Waals surface area contributed by atoms with E-state index in [9.17, 15) is 0 Å². The maximum absolute atomic E-state index is 4.22. The van der Waals surface area contributed by atoms with Crippen LogP contribution in [0, 0.1) is 0 Å². The molecule has 1 aliphatic rings. The van der Waals surface area contributed by atoms with E-state index in [2.05, 4.69) is 15.7 Å². The van der Waals surface area contributed by atoms with E-state index in [0.717, 1.165) is 0 Å². The topological polar surface area (TPSA) is 52.8 Å². The number of aryl methyl sites for hydroxylation is 2. The number of hydrogen-bond donors (Lipinski definition) is 1. The predicted molar refractivity (Wildman–Crippen MR) is 40.2 cm³/mol. The summed E-state index contributed by atoms with van der Waals surface area (Å²) in [4.78, 5) is 4.22. The number of aromatic nitrogens is 2. The van der Waals surface area contributed by atoms with E-state index in [1.807, 2.05) is 6.20 Å². The molecule has 56 valence electrons. The Kier molecular flexibility index (Phi) is 2.06. The van der Waals surface area contributed by atoms with Crippen molar-refractivity contribution in [2.45, 2.75) is 25.8 Å². The molecule has 0 fully saturated rings. The highest BCUT2D eigenvalue weighted by molar-refractivity contribution is 4.94. The van der Waals surface area contributed by atoms with E-state index < -0.39 is 0 Å². The van der Waals surface area contributed by atoms with Crippen LogP contribution < -0.4 is 6.15 Å². The van der Waals surface area contributed by atoms with Crippen molar-refractivity contribution >= 4 is 0 Å². The quantitative estimate of drug-likeness (QED) is 0.590. The molecule has 1 aromatic rings. The number of rotatable bonds is 0. The average molecular weight is 139 g/mol. The first-order valence-corrected chi connectivity index (χ1v) is 3.47. The molecule has 3 N–H and O–H groups in total. The van der Waals surface area contributed by atoms with E-state index in [1.165, 1.54) is 31.6 Å². The summed E-state index contributed by atoms with van der Waals surface area (Å²) in [5.74, 6) is 1.27. The highest BCUT2D eigenvalue weighted by atomic mass is 15.1. The molecule has 0 spiro atoms. The predicted octanol–water partition coefficient (Wildman–Crippen LogP) is 1.38. The van der Waals surface area contributed by atoms with Crippen LogP contribution in [0.25, 0.3) is 0 Å². The zero-order valence-corrected chi connectivity index (χ0v) is 6.08. The summed E-state index contributed by atoms with van der Waals surface area (Å²) in [5, 5.41) is 0. The molecule has 2 rings (SSSR count). The second-order valence-corrected chi connectivity index (χ2v) is 2.49. The normalized spacial score (nSPS) is 15.6. The Morgan fingerprint density at radius 1 is 1.40 bits per heavy atom. The van der Waals surface area contributed by atoms with E-state index >= 15 is 0 Å². The minimum Gasteiger partial charge on any atom is -0.344 e. The zero-order chi connectivity index (χ0) is 6.10. The summed E-state index contributed by atoms with van der Waals surface area (Å²) in [5.41, 5.74) is 0. The van der Waals surface area contributed by atoms with Crippen LogP contribution in [0.15, 0.2) is 12.4 Å². The molecule has 3 heteroatoms. The SMILES string of the molecule is N.c1cn2c(n1)CCCC2. The summed E-state index contributed by atoms with van der Waals surface area (Å²) >= 11 is 0. The molecule has 0 saturated carbocycles. The fourth-order valence-electron chi connectivity index (χ4n) is 1.34. The van der Waals surface area contributed by atoms with Gasteiger partial charge in [0.2, 0.25) is 0 Å². The maximum atomic E-state index is 4.22. The van der Waals surface area contributed by atoms with Crippen molar-refractivity contribution in [1.29, 1.82) is 0 Å². The van der Waals surface area contributed by atoms with Crippen molar-refractivity contribution in [2.24, 2.45) is 0 Å². The van der Waals surface area contributed by atoms with Crippen molar-refractivity contribution in [3.8, 4) is 0 Å². The van der Waals surface area contributed by atoms with Gasteiger partial charge in [0.05, 0.1) is 0 Å². The van der Waals surface area contributed by atoms with Crippen LogP contribution >= 0.6 is 0 Å². The molecule has 1 aromatic heterocycles. The van der Waals surface area contributed by atoms with Crippen LogP contribution in [0.5, 0.6) is 0 Å². The van der Waals surface area contributed by atoms with Gasteiger partial charge in [0, 0.05) is 25.4 Å². The molecule has 2 heterocycles. The van der Waals surface area contributed by atoms with Gasteiger partial charge in [-0.1, -0.05) is 0 Å². The molecule has 0 unspecified atom stereocenters. The smallest absolute Gasteiger partial charge is 0.108 e. The molecule has 3 nitrogen and oxygen atoms in total. The van der Waals surface area contributed by atoms with Gasteiger partial charge in [0.15, 0.2) is 0 Å². The zero-order valence-electron chi connectivity index (χ0n) is 6.08. The molecule has 0 radical (unpaired) electrons. The largest absolute Gasteiger partial charge is 0.344 e. The first-order chi connectivity index (χ1) is 4.47. The van der Waals surface area contributed by atoms with Crippen LogP contribution in [0.2, 0.25) is 0 Å². The van der Waals surface area contributed by atoms with Crippen LogP contribution in [0.4, 0.5) is 0 Å². The summed E-state index contributed by atoms with van der Waals surface area (Å²) in [6.45, 7) is 1.18. The van der Waals surface area contributed by atoms with Gasteiger partial charge in [-0.05, 0) is 12.8 Å². The van der Waals surface area contributed by atoms with E-state index in [4.69, 9.17) is 0 Å². The minimum atomic E-state index is 0. The van der Waals surface area contributed by atoms with Crippen molar-refractivity contribution in [3.05, 3.63) is 18.2 Å². The van der Waals surface area contributed by atoms with E-state index in [-0.39, 0.29) is 6.15 Å². The number of hydrogen-bond acceptors (Lipinski definition) is 2. The van der Waals surface area contributed by atoms with Crippen molar-refractivity contribution in [1.82, 2.24) is 15.7 Å². The lowest BCUT2D eigenvalue weighted by Crippen LogP contribution is -2.08. The van der Waals surface area contributed by atoms with E-state index in [1.54, 1.807) is 0 Å². The van der Waals surface area contributed by atoms with Gasteiger partial charge in [-0.2, -0.15) is 0 Å². The third kappa shape index (κ3) is 1.04. The number of imidazole rings is 1. The lowest BCUT2D eigenvalue weighted by atomic mass is 10.2. The van der Waals surface area contributed by atoms with Crippen LogP contribution in [-0.4, -0.2) is 9.55 Å².